The van der Waals surface area contributed by atoms with Gasteiger partial charge in [-0.1, -0.05) is 24.6 Å². The predicted molar refractivity (Wildman–Crippen MR) is 80.9 cm³/mol. The van der Waals surface area contributed by atoms with Crippen LogP contribution in [0.3, 0.4) is 0 Å². The molecule has 1 aromatic rings. The zero-order valence-electron chi connectivity index (χ0n) is 11.7. The molecule has 1 aliphatic carbocycles. The quantitative estimate of drug-likeness (QED) is 0.915. The fraction of sp³-hybridized carbons (Fsp3) is 0.625. The molecule has 3 rings (SSSR count). The van der Waals surface area contributed by atoms with E-state index in [1.807, 2.05) is 6.07 Å². The molecule has 1 saturated heterocycles. The molecule has 1 aliphatic heterocycles. The number of likely N-dealkylation sites (N-methyl/N-ethyl adjacent to an activating group) is 1. The molecule has 1 N–H and O–H groups in total. The van der Waals surface area contributed by atoms with Crippen LogP contribution in [0.4, 0.5) is 0 Å². The second-order valence-electron chi connectivity index (χ2n) is 5.92. The van der Waals surface area contributed by atoms with Crippen LogP contribution in [0.1, 0.15) is 30.9 Å². The summed E-state index contributed by atoms with van der Waals surface area (Å²) in [4.78, 5) is 2.56. The summed E-state index contributed by atoms with van der Waals surface area (Å²) in [7, 11) is 0. The van der Waals surface area contributed by atoms with Crippen LogP contribution >= 0.6 is 11.6 Å². The fourth-order valence-corrected chi connectivity index (χ4v) is 3.71. The van der Waals surface area contributed by atoms with Gasteiger partial charge in [-0.05, 0) is 62.0 Å². The summed E-state index contributed by atoms with van der Waals surface area (Å²) in [5.41, 5.74) is 2.92. The van der Waals surface area contributed by atoms with E-state index in [0.717, 1.165) is 17.9 Å². The van der Waals surface area contributed by atoms with Crippen LogP contribution in [0.25, 0.3) is 0 Å². The Morgan fingerprint density at radius 1 is 1.26 bits per heavy atom. The van der Waals surface area contributed by atoms with Crippen molar-refractivity contribution in [3.63, 3.8) is 0 Å². The van der Waals surface area contributed by atoms with Gasteiger partial charge >= 0.3 is 0 Å². The van der Waals surface area contributed by atoms with E-state index < -0.39 is 0 Å². The number of benzene rings is 1. The minimum Gasteiger partial charge on any atom is -0.309 e. The van der Waals surface area contributed by atoms with Crippen molar-refractivity contribution in [1.82, 2.24) is 10.2 Å². The molecule has 0 bridgehead atoms. The van der Waals surface area contributed by atoms with Gasteiger partial charge in [0.15, 0.2) is 0 Å². The minimum atomic E-state index is 0.607. The van der Waals surface area contributed by atoms with Gasteiger partial charge in [-0.15, -0.1) is 0 Å². The molecule has 2 aliphatic rings. The van der Waals surface area contributed by atoms with Crippen LogP contribution < -0.4 is 5.32 Å². The maximum Gasteiger partial charge on any atom is 0.0408 e. The van der Waals surface area contributed by atoms with Crippen LogP contribution in [-0.2, 0) is 12.8 Å². The Labute approximate surface area is 121 Å². The van der Waals surface area contributed by atoms with Gasteiger partial charge in [0.05, 0.1) is 0 Å². The molecule has 19 heavy (non-hydrogen) atoms. The Morgan fingerprint density at radius 3 is 2.95 bits per heavy atom. The second kappa shape index (κ2) is 5.82. The van der Waals surface area contributed by atoms with Crippen LogP contribution in [0.15, 0.2) is 18.2 Å². The van der Waals surface area contributed by atoms with E-state index in [-0.39, 0.29) is 0 Å². The number of fused-ring (bicyclic) bond motifs is 1. The first-order valence-corrected chi connectivity index (χ1v) is 7.88. The highest BCUT2D eigenvalue weighted by molar-refractivity contribution is 6.30. The van der Waals surface area contributed by atoms with Crippen LogP contribution in [-0.4, -0.2) is 36.6 Å². The largest absolute Gasteiger partial charge is 0.309 e. The van der Waals surface area contributed by atoms with Crippen molar-refractivity contribution in [2.45, 2.75) is 44.7 Å². The zero-order valence-corrected chi connectivity index (χ0v) is 12.4. The Balaban J connectivity index is 1.58. The summed E-state index contributed by atoms with van der Waals surface area (Å²) in [6.45, 7) is 5.92. The SMILES string of the molecule is CCN1CCCC(NC2Cc3ccc(Cl)cc3C2)C1. The number of halogens is 1. The fourth-order valence-electron chi connectivity index (χ4n) is 3.52. The first kappa shape index (κ1) is 13.4. The molecule has 0 spiro atoms. The van der Waals surface area contributed by atoms with E-state index in [1.54, 1.807) is 0 Å². The Bertz CT molecular complexity index is 446. The van der Waals surface area contributed by atoms with Crippen molar-refractivity contribution in [2.75, 3.05) is 19.6 Å². The highest BCUT2D eigenvalue weighted by atomic mass is 35.5. The van der Waals surface area contributed by atoms with Crippen molar-refractivity contribution < 1.29 is 0 Å². The predicted octanol–water partition coefficient (Wildman–Crippen LogP) is 2.88. The molecule has 0 saturated carbocycles. The second-order valence-corrected chi connectivity index (χ2v) is 6.35. The van der Waals surface area contributed by atoms with Crippen LogP contribution in [0.2, 0.25) is 5.02 Å². The van der Waals surface area contributed by atoms with Crippen molar-refractivity contribution in [3.05, 3.63) is 34.3 Å². The third-order valence-corrected chi connectivity index (χ3v) is 4.76. The number of hydrogen-bond donors (Lipinski definition) is 1. The third-order valence-electron chi connectivity index (χ3n) is 4.53. The molecule has 3 heteroatoms. The van der Waals surface area contributed by atoms with Crippen LogP contribution in [0.5, 0.6) is 0 Å². The average molecular weight is 279 g/mol. The molecule has 2 nitrogen and oxygen atoms in total. The number of likely N-dealkylation sites (tertiary alicyclic amines) is 1. The number of hydrogen-bond acceptors (Lipinski definition) is 2. The lowest BCUT2D eigenvalue weighted by atomic mass is 10.0. The highest BCUT2D eigenvalue weighted by Crippen LogP contribution is 2.26. The Kier molecular flexibility index (Phi) is 4.11. The van der Waals surface area contributed by atoms with E-state index in [0.29, 0.717) is 12.1 Å². The summed E-state index contributed by atoms with van der Waals surface area (Å²) in [6.07, 6.45) is 4.95. The van der Waals surface area contributed by atoms with Gasteiger partial charge < -0.3 is 10.2 Å². The molecule has 2 atom stereocenters. The molecule has 0 amide bonds. The molecule has 104 valence electrons. The van der Waals surface area contributed by atoms with Gasteiger partial charge in [-0.3, -0.25) is 0 Å². The van der Waals surface area contributed by atoms with E-state index in [2.05, 4.69) is 29.3 Å². The van der Waals surface area contributed by atoms with Crippen molar-refractivity contribution in [2.24, 2.45) is 0 Å². The van der Waals surface area contributed by atoms with E-state index >= 15 is 0 Å². The summed E-state index contributed by atoms with van der Waals surface area (Å²) in [6, 6.07) is 7.62. The lowest BCUT2D eigenvalue weighted by Gasteiger charge is -2.34. The standard InChI is InChI=1S/C16H23ClN2/c1-2-19-7-3-4-15(11-19)18-16-9-12-5-6-14(17)8-13(12)10-16/h5-6,8,15-16,18H,2-4,7,9-11H2,1H3. The molecular weight excluding hydrogens is 256 g/mol. The highest BCUT2D eigenvalue weighted by Gasteiger charge is 2.26. The monoisotopic (exact) mass is 278 g/mol. The normalized spacial score (nSPS) is 27.5. The molecule has 1 heterocycles. The molecule has 0 radical (unpaired) electrons. The maximum atomic E-state index is 6.07. The van der Waals surface area contributed by atoms with E-state index in [4.69, 9.17) is 11.6 Å². The number of nitrogens with one attached hydrogen (secondary N) is 1. The molecule has 1 fully saturated rings. The maximum absolute atomic E-state index is 6.07. The van der Waals surface area contributed by atoms with Crippen molar-refractivity contribution in [1.29, 1.82) is 0 Å². The molecular formula is C16H23ClN2. The average Bonchev–Trinajstić information content (AvgIpc) is 2.80. The van der Waals surface area contributed by atoms with Gasteiger partial charge in [-0.25, -0.2) is 0 Å². The minimum absolute atomic E-state index is 0.607. The van der Waals surface area contributed by atoms with E-state index in [9.17, 15) is 0 Å². The van der Waals surface area contributed by atoms with Gasteiger partial charge in [0.2, 0.25) is 0 Å². The smallest absolute Gasteiger partial charge is 0.0408 e. The number of piperidine rings is 1. The summed E-state index contributed by atoms with van der Waals surface area (Å²) in [5.74, 6) is 0. The number of nitrogens with zero attached hydrogens (tertiary/aromatic N) is 1. The summed E-state index contributed by atoms with van der Waals surface area (Å²) < 4.78 is 0. The Morgan fingerprint density at radius 2 is 2.11 bits per heavy atom. The van der Waals surface area contributed by atoms with Crippen molar-refractivity contribution in [3.8, 4) is 0 Å². The van der Waals surface area contributed by atoms with Crippen molar-refractivity contribution >= 4 is 11.6 Å². The molecule has 1 aromatic carbocycles. The Hall–Kier alpha value is -0.570. The number of rotatable bonds is 3. The lowest BCUT2D eigenvalue weighted by Crippen LogP contribution is -2.49. The molecule has 0 aromatic heterocycles. The first-order valence-electron chi connectivity index (χ1n) is 7.50. The molecule has 2 unspecified atom stereocenters. The van der Waals surface area contributed by atoms with Gasteiger partial charge in [0.1, 0.15) is 0 Å². The summed E-state index contributed by atoms with van der Waals surface area (Å²) in [5, 5.41) is 4.73. The van der Waals surface area contributed by atoms with E-state index in [1.165, 1.54) is 43.6 Å². The zero-order chi connectivity index (χ0) is 13.2. The summed E-state index contributed by atoms with van der Waals surface area (Å²) >= 11 is 6.07. The van der Waals surface area contributed by atoms with Crippen LogP contribution in [0, 0.1) is 0 Å². The van der Waals surface area contributed by atoms with Gasteiger partial charge in [0, 0.05) is 23.7 Å². The topological polar surface area (TPSA) is 15.3 Å². The first-order chi connectivity index (χ1) is 9.24. The third kappa shape index (κ3) is 3.13. The van der Waals surface area contributed by atoms with Gasteiger partial charge in [-0.2, -0.15) is 0 Å². The van der Waals surface area contributed by atoms with Gasteiger partial charge in [0.25, 0.3) is 0 Å². The lowest BCUT2D eigenvalue weighted by molar-refractivity contribution is 0.191.